The second kappa shape index (κ2) is 6.51. The smallest absolute Gasteiger partial charge is 0.231 e. The molecule has 1 aliphatic carbocycles. The van der Waals surface area contributed by atoms with Gasteiger partial charge in [-0.15, -0.1) is 0 Å². The molecule has 1 aliphatic rings. The Bertz CT molecular complexity index is 376. The maximum atomic E-state index is 5.73. The van der Waals surface area contributed by atoms with Crippen molar-refractivity contribution in [1.82, 2.24) is 10.1 Å². The zero-order chi connectivity index (χ0) is 13.8. The molecule has 1 saturated carbocycles. The van der Waals surface area contributed by atoms with Gasteiger partial charge in [-0.1, -0.05) is 25.9 Å². The number of hydrogen-bond acceptors (Lipinski definition) is 4. The van der Waals surface area contributed by atoms with E-state index < -0.39 is 0 Å². The van der Waals surface area contributed by atoms with E-state index in [4.69, 9.17) is 10.3 Å². The van der Waals surface area contributed by atoms with Crippen LogP contribution in [-0.4, -0.2) is 16.7 Å². The van der Waals surface area contributed by atoms with Gasteiger partial charge in [0.15, 0.2) is 5.82 Å². The van der Waals surface area contributed by atoms with Crippen molar-refractivity contribution in [2.45, 2.75) is 64.7 Å². The minimum atomic E-state index is 0.216. The summed E-state index contributed by atoms with van der Waals surface area (Å²) in [6.07, 6.45) is 5.93. The number of aromatic nitrogens is 2. The van der Waals surface area contributed by atoms with Gasteiger partial charge in [-0.25, -0.2) is 0 Å². The molecule has 19 heavy (non-hydrogen) atoms. The average molecular weight is 265 g/mol. The van der Waals surface area contributed by atoms with E-state index >= 15 is 0 Å². The fourth-order valence-electron chi connectivity index (χ4n) is 3.07. The zero-order valence-electron chi connectivity index (χ0n) is 12.4. The highest BCUT2D eigenvalue weighted by Gasteiger charge is 2.28. The fourth-order valence-corrected chi connectivity index (χ4v) is 3.07. The van der Waals surface area contributed by atoms with E-state index in [0.29, 0.717) is 12.5 Å². The van der Waals surface area contributed by atoms with Gasteiger partial charge in [-0.2, -0.15) is 4.98 Å². The van der Waals surface area contributed by atoms with Crippen LogP contribution < -0.4 is 5.73 Å². The molecule has 1 aromatic heterocycles. The van der Waals surface area contributed by atoms with E-state index in [1.165, 1.54) is 25.7 Å². The SMILES string of the molecule is CCC(CN)c1nc(C2CCC(C(C)C)CC2)no1. The Morgan fingerprint density at radius 3 is 2.47 bits per heavy atom. The highest BCUT2D eigenvalue weighted by Crippen LogP contribution is 2.37. The van der Waals surface area contributed by atoms with Crippen LogP contribution in [0, 0.1) is 11.8 Å². The summed E-state index contributed by atoms with van der Waals surface area (Å²) in [5.41, 5.74) is 5.73. The van der Waals surface area contributed by atoms with Crippen molar-refractivity contribution in [3.8, 4) is 0 Å². The quantitative estimate of drug-likeness (QED) is 0.885. The third-order valence-electron chi connectivity index (χ3n) is 4.66. The van der Waals surface area contributed by atoms with E-state index in [0.717, 1.165) is 30.0 Å². The van der Waals surface area contributed by atoms with Gasteiger partial charge < -0.3 is 10.3 Å². The third-order valence-corrected chi connectivity index (χ3v) is 4.66. The fraction of sp³-hybridized carbons (Fsp3) is 0.867. The molecule has 2 N–H and O–H groups in total. The second-order valence-electron chi connectivity index (χ2n) is 6.19. The Morgan fingerprint density at radius 1 is 1.26 bits per heavy atom. The molecule has 0 aromatic carbocycles. The van der Waals surface area contributed by atoms with E-state index in [1.54, 1.807) is 0 Å². The maximum absolute atomic E-state index is 5.73. The molecule has 1 atom stereocenters. The van der Waals surface area contributed by atoms with Gasteiger partial charge in [0.1, 0.15) is 0 Å². The molecule has 0 saturated heterocycles. The van der Waals surface area contributed by atoms with Crippen LogP contribution in [0.2, 0.25) is 0 Å². The van der Waals surface area contributed by atoms with Crippen molar-refractivity contribution in [2.24, 2.45) is 17.6 Å². The summed E-state index contributed by atoms with van der Waals surface area (Å²) in [6, 6.07) is 0. The van der Waals surface area contributed by atoms with Crippen LogP contribution in [0.15, 0.2) is 4.52 Å². The summed E-state index contributed by atoms with van der Waals surface area (Å²) >= 11 is 0. The molecular formula is C15H27N3O. The van der Waals surface area contributed by atoms with Crippen molar-refractivity contribution in [3.05, 3.63) is 11.7 Å². The van der Waals surface area contributed by atoms with Gasteiger partial charge in [0.25, 0.3) is 0 Å². The van der Waals surface area contributed by atoms with Crippen LogP contribution in [0.5, 0.6) is 0 Å². The van der Waals surface area contributed by atoms with Gasteiger partial charge >= 0.3 is 0 Å². The normalized spacial score (nSPS) is 25.7. The molecule has 1 fully saturated rings. The number of rotatable bonds is 5. The first-order chi connectivity index (χ1) is 9.15. The highest BCUT2D eigenvalue weighted by molar-refractivity contribution is 5.01. The highest BCUT2D eigenvalue weighted by atomic mass is 16.5. The lowest BCUT2D eigenvalue weighted by Crippen LogP contribution is -2.18. The molecule has 1 unspecified atom stereocenters. The molecule has 0 amide bonds. The lowest BCUT2D eigenvalue weighted by atomic mass is 9.77. The minimum Gasteiger partial charge on any atom is -0.339 e. The summed E-state index contributed by atoms with van der Waals surface area (Å²) in [4.78, 5) is 4.59. The van der Waals surface area contributed by atoms with Crippen LogP contribution in [0.25, 0.3) is 0 Å². The summed E-state index contributed by atoms with van der Waals surface area (Å²) in [6.45, 7) is 7.34. The molecule has 4 heteroatoms. The van der Waals surface area contributed by atoms with E-state index in [1.807, 2.05) is 0 Å². The van der Waals surface area contributed by atoms with Gasteiger partial charge in [-0.3, -0.25) is 0 Å². The molecule has 1 aromatic rings. The van der Waals surface area contributed by atoms with E-state index in [-0.39, 0.29) is 5.92 Å². The minimum absolute atomic E-state index is 0.216. The van der Waals surface area contributed by atoms with Crippen LogP contribution in [0.3, 0.4) is 0 Å². The Kier molecular flexibility index (Phi) is 4.97. The summed E-state index contributed by atoms with van der Waals surface area (Å²) in [5.74, 6) is 4.00. The molecular weight excluding hydrogens is 238 g/mol. The van der Waals surface area contributed by atoms with E-state index in [2.05, 4.69) is 30.9 Å². The average Bonchev–Trinajstić information content (AvgIpc) is 2.90. The molecule has 1 heterocycles. The van der Waals surface area contributed by atoms with Gasteiger partial charge in [0, 0.05) is 12.5 Å². The van der Waals surface area contributed by atoms with Crippen molar-refractivity contribution in [1.29, 1.82) is 0 Å². The Balaban J connectivity index is 1.96. The largest absolute Gasteiger partial charge is 0.339 e. The predicted octanol–water partition coefficient (Wildman–Crippen LogP) is 3.45. The van der Waals surface area contributed by atoms with Crippen LogP contribution >= 0.6 is 0 Å². The first kappa shape index (κ1) is 14.5. The maximum Gasteiger partial charge on any atom is 0.231 e. The first-order valence-corrected chi connectivity index (χ1v) is 7.69. The first-order valence-electron chi connectivity index (χ1n) is 7.69. The summed E-state index contributed by atoms with van der Waals surface area (Å²) in [7, 11) is 0. The van der Waals surface area contributed by atoms with E-state index in [9.17, 15) is 0 Å². The van der Waals surface area contributed by atoms with Gasteiger partial charge in [0.05, 0.1) is 5.92 Å². The topological polar surface area (TPSA) is 64.9 Å². The molecule has 4 nitrogen and oxygen atoms in total. The Labute approximate surface area is 116 Å². The summed E-state index contributed by atoms with van der Waals surface area (Å²) in [5, 5.41) is 4.18. The third kappa shape index (κ3) is 3.35. The Hall–Kier alpha value is -0.900. The Morgan fingerprint density at radius 2 is 1.95 bits per heavy atom. The molecule has 108 valence electrons. The van der Waals surface area contributed by atoms with Gasteiger partial charge in [0.2, 0.25) is 5.89 Å². The standard InChI is InChI=1S/C15H27N3O/c1-4-11(9-16)15-17-14(18-19-15)13-7-5-12(6-8-13)10(2)3/h10-13H,4-9,16H2,1-3H3. The van der Waals surface area contributed by atoms with Crippen molar-refractivity contribution in [3.63, 3.8) is 0 Å². The molecule has 2 rings (SSSR count). The van der Waals surface area contributed by atoms with Crippen molar-refractivity contribution < 1.29 is 4.52 Å². The molecule has 0 spiro atoms. The van der Waals surface area contributed by atoms with Gasteiger partial charge in [-0.05, 0) is 43.9 Å². The number of nitrogens with two attached hydrogens (primary N) is 1. The lowest BCUT2D eigenvalue weighted by molar-refractivity contribution is 0.251. The molecule has 0 radical (unpaired) electrons. The zero-order valence-corrected chi connectivity index (χ0v) is 12.4. The van der Waals surface area contributed by atoms with Crippen molar-refractivity contribution >= 4 is 0 Å². The number of nitrogens with zero attached hydrogens (tertiary/aromatic N) is 2. The van der Waals surface area contributed by atoms with Crippen LogP contribution in [0.1, 0.15) is 76.4 Å². The lowest BCUT2D eigenvalue weighted by Gasteiger charge is -2.29. The van der Waals surface area contributed by atoms with Crippen LogP contribution in [0.4, 0.5) is 0 Å². The predicted molar refractivity (Wildman–Crippen MR) is 75.9 cm³/mol. The molecule has 0 aliphatic heterocycles. The number of hydrogen-bond donors (Lipinski definition) is 1. The van der Waals surface area contributed by atoms with Crippen LogP contribution in [-0.2, 0) is 0 Å². The monoisotopic (exact) mass is 265 g/mol. The summed E-state index contributed by atoms with van der Waals surface area (Å²) < 4.78 is 5.39. The molecule has 0 bridgehead atoms. The second-order valence-corrected chi connectivity index (χ2v) is 6.19. The van der Waals surface area contributed by atoms with Crippen molar-refractivity contribution in [2.75, 3.05) is 6.54 Å².